The third-order valence-corrected chi connectivity index (χ3v) is 7.19. The smallest absolute Gasteiger partial charge is 0.410 e. The molecule has 1 fully saturated rings. The topological polar surface area (TPSA) is 64.6 Å². The molecule has 2 aromatic rings. The van der Waals surface area contributed by atoms with Crippen LogP contribution in [0, 0.1) is 0 Å². The monoisotopic (exact) mass is 417 g/mol. The van der Waals surface area contributed by atoms with E-state index in [4.69, 9.17) is 9.47 Å². The first-order valence-corrected chi connectivity index (χ1v) is 11.4. The van der Waals surface area contributed by atoms with Gasteiger partial charge in [0.05, 0.1) is 5.39 Å². The van der Waals surface area contributed by atoms with Crippen LogP contribution in [0.1, 0.15) is 76.2 Å². The van der Waals surface area contributed by atoms with Crippen LogP contribution in [0.2, 0.25) is 0 Å². The molecule has 7 heteroatoms. The van der Waals surface area contributed by atoms with Crippen LogP contribution in [0.5, 0.6) is 5.88 Å². The van der Waals surface area contributed by atoms with Gasteiger partial charge in [0, 0.05) is 18.0 Å². The number of hydrogen-bond acceptors (Lipinski definition) is 6. The van der Waals surface area contributed by atoms with E-state index in [0.717, 1.165) is 48.2 Å². The van der Waals surface area contributed by atoms with Crippen molar-refractivity contribution in [2.24, 2.45) is 0 Å². The van der Waals surface area contributed by atoms with Crippen LogP contribution in [-0.4, -0.2) is 45.8 Å². The largest absolute Gasteiger partial charge is 0.474 e. The van der Waals surface area contributed by atoms with Crippen molar-refractivity contribution in [2.45, 2.75) is 89.9 Å². The number of ether oxygens (including phenoxy) is 2. The number of carbonyl (C=O) groups is 1. The fourth-order valence-electron chi connectivity index (χ4n) is 4.45. The summed E-state index contributed by atoms with van der Waals surface area (Å²) in [5, 5.41) is 1.13. The number of rotatable bonds is 3. The zero-order valence-corrected chi connectivity index (χ0v) is 18.8. The van der Waals surface area contributed by atoms with Crippen molar-refractivity contribution >= 4 is 27.6 Å². The van der Waals surface area contributed by atoms with Crippen LogP contribution >= 0.6 is 11.3 Å². The summed E-state index contributed by atoms with van der Waals surface area (Å²) in [6.07, 6.45) is 7.48. The first kappa shape index (κ1) is 20.4. The highest BCUT2D eigenvalue weighted by molar-refractivity contribution is 7.19. The Morgan fingerprint density at radius 1 is 1.17 bits per heavy atom. The van der Waals surface area contributed by atoms with Crippen LogP contribution in [-0.2, 0) is 11.2 Å². The summed E-state index contributed by atoms with van der Waals surface area (Å²) in [6.45, 7) is 7.97. The van der Waals surface area contributed by atoms with Gasteiger partial charge in [-0.05, 0) is 70.8 Å². The zero-order chi connectivity index (χ0) is 20.8. The molecule has 6 nitrogen and oxygen atoms in total. The third kappa shape index (κ3) is 4.20. The van der Waals surface area contributed by atoms with Gasteiger partial charge in [-0.25, -0.2) is 14.8 Å². The van der Waals surface area contributed by atoms with Gasteiger partial charge in [0.1, 0.15) is 22.9 Å². The third-order valence-electron chi connectivity index (χ3n) is 6.02. The van der Waals surface area contributed by atoms with Gasteiger partial charge in [0.15, 0.2) is 0 Å². The summed E-state index contributed by atoms with van der Waals surface area (Å²) in [6, 6.07) is 0.195. The Morgan fingerprint density at radius 2 is 1.90 bits per heavy atom. The highest BCUT2D eigenvalue weighted by Gasteiger charge is 2.32. The van der Waals surface area contributed by atoms with Gasteiger partial charge in [0.2, 0.25) is 5.88 Å². The van der Waals surface area contributed by atoms with Crippen molar-refractivity contribution < 1.29 is 14.3 Å². The minimum Gasteiger partial charge on any atom is -0.474 e. The van der Waals surface area contributed by atoms with E-state index < -0.39 is 5.60 Å². The van der Waals surface area contributed by atoms with Crippen molar-refractivity contribution in [3.05, 3.63) is 16.8 Å². The first-order valence-electron chi connectivity index (χ1n) is 10.6. The van der Waals surface area contributed by atoms with Crippen LogP contribution in [0.25, 0.3) is 10.2 Å². The number of fused-ring (bicyclic) bond motifs is 3. The second kappa shape index (κ2) is 7.74. The number of hydrogen-bond donors (Lipinski definition) is 0. The average molecular weight is 418 g/mol. The van der Waals surface area contributed by atoms with Crippen molar-refractivity contribution in [3.63, 3.8) is 0 Å². The normalized spacial score (nSPS) is 24.4. The van der Waals surface area contributed by atoms with Gasteiger partial charge in [-0.1, -0.05) is 6.92 Å². The molecule has 0 radical (unpaired) electrons. The van der Waals surface area contributed by atoms with Gasteiger partial charge in [-0.3, -0.25) is 0 Å². The molecule has 2 aliphatic rings. The second-order valence-electron chi connectivity index (χ2n) is 9.38. The summed E-state index contributed by atoms with van der Waals surface area (Å²) in [5.74, 6) is 1.29. The molecule has 0 bridgehead atoms. The molecule has 2 heterocycles. The van der Waals surface area contributed by atoms with Gasteiger partial charge in [-0.2, -0.15) is 0 Å². The van der Waals surface area contributed by atoms with E-state index in [0.29, 0.717) is 5.92 Å². The average Bonchev–Trinajstić information content (AvgIpc) is 3.20. The lowest BCUT2D eigenvalue weighted by Crippen LogP contribution is -2.43. The zero-order valence-electron chi connectivity index (χ0n) is 18.0. The van der Waals surface area contributed by atoms with Crippen molar-refractivity contribution in [3.8, 4) is 5.88 Å². The maximum absolute atomic E-state index is 12.3. The Morgan fingerprint density at radius 3 is 2.59 bits per heavy atom. The van der Waals surface area contributed by atoms with Gasteiger partial charge in [-0.15, -0.1) is 11.3 Å². The van der Waals surface area contributed by atoms with E-state index in [-0.39, 0.29) is 18.2 Å². The Bertz CT molecular complexity index is 897. The molecule has 1 amide bonds. The molecule has 4 rings (SSSR count). The first-order chi connectivity index (χ1) is 13.7. The molecule has 0 aromatic carbocycles. The summed E-state index contributed by atoms with van der Waals surface area (Å²) in [7, 11) is 1.84. The van der Waals surface area contributed by atoms with Crippen molar-refractivity contribution in [2.75, 3.05) is 7.05 Å². The summed E-state index contributed by atoms with van der Waals surface area (Å²) < 4.78 is 11.9. The summed E-state index contributed by atoms with van der Waals surface area (Å²) in [4.78, 5) is 25.6. The summed E-state index contributed by atoms with van der Waals surface area (Å²) in [5.41, 5.74) is 0.932. The maximum atomic E-state index is 12.3. The quantitative estimate of drug-likeness (QED) is 0.678. The fraction of sp³-hybridized carbons (Fsp3) is 0.682. The van der Waals surface area contributed by atoms with Gasteiger partial charge in [0.25, 0.3) is 0 Å². The minimum atomic E-state index is -0.470. The molecule has 1 saturated carbocycles. The number of aryl methyl sites for hydroxylation is 1. The molecule has 0 saturated heterocycles. The summed E-state index contributed by atoms with van der Waals surface area (Å²) >= 11 is 1.79. The number of thiophene rings is 1. The molecular weight excluding hydrogens is 386 g/mol. The molecule has 158 valence electrons. The van der Waals surface area contributed by atoms with Gasteiger partial charge >= 0.3 is 6.09 Å². The number of nitrogens with zero attached hydrogens (tertiary/aromatic N) is 3. The van der Waals surface area contributed by atoms with Crippen LogP contribution in [0.4, 0.5) is 4.79 Å². The fourth-order valence-corrected chi connectivity index (χ4v) is 5.72. The highest BCUT2D eigenvalue weighted by atomic mass is 32.1. The molecule has 29 heavy (non-hydrogen) atoms. The molecule has 2 aliphatic carbocycles. The van der Waals surface area contributed by atoms with Crippen LogP contribution in [0.15, 0.2) is 6.33 Å². The second-order valence-corrected chi connectivity index (χ2v) is 10.5. The lowest BCUT2D eigenvalue weighted by molar-refractivity contribution is 0.0138. The molecule has 0 spiro atoms. The molecule has 0 aliphatic heterocycles. The van der Waals surface area contributed by atoms with E-state index in [1.54, 1.807) is 22.6 Å². The van der Waals surface area contributed by atoms with Crippen molar-refractivity contribution in [1.29, 1.82) is 0 Å². The van der Waals surface area contributed by atoms with E-state index in [9.17, 15) is 4.79 Å². The highest BCUT2D eigenvalue weighted by Crippen LogP contribution is 2.46. The molecule has 0 unspecified atom stereocenters. The van der Waals surface area contributed by atoms with E-state index in [2.05, 4.69) is 16.9 Å². The number of amides is 1. The van der Waals surface area contributed by atoms with Crippen molar-refractivity contribution in [1.82, 2.24) is 14.9 Å². The number of aromatic nitrogens is 2. The molecule has 2 aromatic heterocycles. The predicted octanol–water partition coefficient (Wildman–Crippen LogP) is 5.30. The van der Waals surface area contributed by atoms with Gasteiger partial charge < -0.3 is 14.4 Å². The Balaban J connectivity index is 1.41. The Kier molecular flexibility index (Phi) is 5.44. The lowest BCUT2D eigenvalue weighted by atomic mass is 9.92. The van der Waals surface area contributed by atoms with E-state index in [1.807, 2.05) is 27.8 Å². The molecule has 0 N–H and O–H groups in total. The standard InChI is InChI=1S/C22H31N3O3S/c1-13-6-11-16-17(13)18-19(23-12-24-20(18)29-16)27-15-9-7-14(8-10-15)25(5)21(26)28-22(2,3)4/h12-15H,6-11H2,1-5H3/t13-,14?,15?/m0/s1. The molecule has 1 atom stereocenters. The molecular formula is C22H31N3O3S. The predicted molar refractivity (Wildman–Crippen MR) is 115 cm³/mol. The van der Waals surface area contributed by atoms with E-state index in [1.165, 1.54) is 16.9 Å². The lowest BCUT2D eigenvalue weighted by Gasteiger charge is -2.35. The minimum absolute atomic E-state index is 0.128. The maximum Gasteiger partial charge on any atom is 0.410 e. The Labute approximate surface area is 176 Å². The van der Waals surface area contributed by atoms with Crippen LogP contribution in [0.3, 0.4) is 0 Å². The SMILES string of the molecule is C[C@H]1CCc2sc3ncnc(OC4CCC(N(C)C(=O)OC(C)(C)C)CC4)c3c21. The van der Waals surface area contributed by atoms with Crippen LogP contribution < -0.4 is 4.74 Å². The number of carbonyl (C=O) groups excluding carboxylic acids is 1. The van der Waals surface area contributed by atoms with E-state index >= 15 is 0 Å². The Hall–Kier alpha value is -1.89.